The summed E-state index contributed by atoms with van der Waals surface area (Å²) >= 11 is 1.50. The molecular formula is C20H21N3O2S. The van der Waals surface area contributed by atoms with Gasteiger partial charge < -0.3 is 9.32 Å². The second-order valence-electron chi connectivity index (χ2n) is 6.49. The summed E-state index contributed by atoms with van der Waals surface area (Å²) in [6.07, 6.45) is 5.03. The van der Waals surface area contributed by atoms with Gasteiger partial charge in [0.1, 0.15) is 5.03 Å². The van der Waals surface area contributed by atoms with Gasteiger partial charge in [-0.1, -0.05) is 30.0 Å². The van der Waals surface area contributed by atoms with Crippen molar-refractivity contribution in [2.24, 2.45) is 0 Å². The average molecular weight is 367 g/mol. The van der Waals surface area contributed by atoms with Gasteiger partial charge in [-0.05, 0) is 44.4 Å². The van der Waals surface area contributed by atoms with Crippen molar-refractivity contribution < 1.29 is 9.21 Å². The van der Waals surface area contributed by atoms with Gasteiger partial charge >= 0.3 is 0 Å². The fraction of sp³-hybridized carbons (Fsp3) is 0.350. The SMILES string of the molecule is CC(Sc1nc(-c2ccco2)nc2ccccc12)C(=O)N1CCCCC1. The molecule has 4 rings (SSSR count). The van der Waals surface area contributed by atoms with E-state index in [1.807, 2.05) is 48.2 Å². The number of hydrogen-bond donors (Lipinski definition) is 0. The van der Waals surface area contributed by atoms with Gasteiger partial charge in [-0.2, -0.15) is 0 Å². The Labute approximate surface area is 156 Å². The number of benzene rings is 1. The van der Waals surface area contributed by atoms with Crippen molar-refractivity contribution >= 4 is 28.6 Å². The van der Waals surface area contributed by atoms with Crippen LogP contribution in [0.25, 0.3) is 22.5 Å². The first-order chi connectivity index (χ1) is 12.7. The zero-order valence-corrected chi connectivity index (χ0v) is 15.5. The Morgan fingerprint density at radius 1 is 1.12 bits per heavy atom. The van der Waals surface area contributed by atoms with Crippen LogP contribution in [0.4, 0.5) is 0 Å². The first-order valence-corrected chi connectivity index (χ1v) is 9.86. The number of carbonyl (C=O) groups excluding carboxylic acids is 1. The minimum Gasteiger partial charge on any atom is -0.461 e. The molecule has 1 unspecified atom stereocenters. The zero-order chi connectivity index (χ0) is 17.9. The quantitative estimate of drug-likeness (QED) is 0.506. The van der Waals surface area contributed by atoms with E-state index in [4.69, 9.17) is 9.40 Å². The molecule has 1 saturated heterocycles. The van der Waals surface area contributed by atoms with Gasteiger partial charge in [-0.3, -0.25) is 4.79 Å². The summed E-state index contributed by atoms with van der Waals surface area (Å²) in [4.78, 5) is 24.1. The predicted molar refractivity (Wildman–Crippen MR) is 103 cm³/mol. The molecule has 26 heavy (non-hydrogen) atoms. The number of furan rings is 1. The van der Waals surface area contributed by atoms with Crippen molar-refractivity contribution in [3.8, 4) is 11.6 Å². The molecule has 0 bridgehead atoms. The number of fused-ring (bicyclic) bond motifs is 1. The topological polar surface area (TPSA) is 59.2 Å². The third-order valence-electron chi connectivity index (χ3n) is 4.61. The molecule has 1 aromatic carbocycles. The third-order valence-corrected chi connectivity index (χ3v) is 5.70. The number of piperidine rings is 1. The number of likely N-dealkylation sites (tertiary alicyclic amines) is 1. The molecule has 1 atom stereocenters. The minimum absolute atomic E-state index is 0.184. The maximum Gasteiger partial charge on any atom is 0.235 e. The number of para-hydroxylation sites is 1. The average Bonchev–Trinajstić information content (AvgIpc) is 3.23. The second-order valence-corrected chi connectivity index (χ2v) is 7.82. The van der Waals surface area contributed by atoms with Crippen LogP contribution < -0.4 is 0 Å². The maximum absolute atomic E-state index is 12.8. The molecule has 1 amide bonds. The van der Waals surface area contributed by atoms with Gasteiger partial charge in [0.25, 0.3) is 0 Å². The molecule has 0 radical (unpaired) electrons. The highest BCUT2D eigenvalue weighted by molar-refractivity contribution is 8.00. The summed E-state index contributed by atoms with van der Waals surface area (Å²) in [5, 5.41) is 1.60. The van der Waals surface area contributed by atoms with E-state index < -0.39 is 0 Å². The maximum atomic E-state index is 12.8. The highest BCUT2D eigenvalue weighted by Gasteiger charge is 2.24. The number of carbonyl (C=O) groups is 1. The lowest BCUT2D eigenvalue weighted by molar-refractivity contribution is -0.131. The monoisotopic (exact) mass is 367 g/mol. The van der Waals surface area contributed by atoms with Gasteiger partial charge in [0, 0.05) is 18.5 Å². The predicted octanol–water partition coefficient (Wildman–Crippen LogP) is 4.38. The smallest absolute Gasteiger partial charge is 0.235 e. The van der Waals surface area contributed by atoms with Gasteiger partial charge in [-0.25, -0.2) is 9.97 Å². The van der Waals surface area contributed by atoms with Crippen LogP contribution in [-0.4, -0.2) is 39.1 Å². The van der Waals surface area contributed by atoms with Gasteiger partial charge in [0.2, 0.25) is 5.91 Å². The van der Waals surface area contributed by atoms with Crippen LogP contribution in [0.5, 0.6) is 0 Å². The Hall–Kier alpha value is -2.34. The molecule has 0 spiro atoms. The second kappa shape index (κ2) is 7.50. The van der Waals surface area contributed by atoms with Crippen LogP contribution in [0.2, 0.25) is 0 Å². The number of thioether (sulfide) groups is 1. The number of aromatic nitrogens is 2. The van der Waals surface area contributed by atoms with Gasteiger partial charge in [-0.15, -0.1) is 0 Å². The molecule has 6 heteroatoms. The molecule has 2 aromatic heterocycles. The first-order valence-electron chi connectivity index (χ1n) is 8.98. The Morgan fingerprint density at radius 3 is 2.69 bits per heavy atom. The molecule has 0 N–H and O–H groups in total. The van der Waals surface area contributed by atoms with Crippen molar-refractivity contribution in [1.82, 2.24) is 14.9 Å². The van der Waals surface area contributed by atoms with Crippen molar-refractivity contribution in [3.63, 3.8) is 0 Å². The molecule has 0 aliphatic carbocycles. The summed E-state index contributed by atoms with van der Waals surface area (Å²) in [5.41, 5.74) is 0.856. The summed E-state index contributed by atoms with van der Waals surface area (Å²) < 4.78 is 5.46. The number of amides is 1. The van der Waals surface area contributed by atoms with E-state index in [9.17, 15) is 4.79 Å². The molecular weight excluding hydrogens is 346 g/mol. The standard InChI is InChI=1S/C20H21N3O2S/c1-14(20(24)23-11-5-2-6-12-23)26-19-15-8-3-4-9-16(15)21-18(22-19)17-10-7-13-25-17/h3-4,7-10,13-14H,2,5-6,11-12H2,1H3. The normalized spacial score (nSPS) is 16.0. The molecule has 1 fully saturated rings. The van der Waals surface area contributed by atoms with Crippen LogP contribution >= 0.6 is 11.8 Å². The Morgan fingerprint density at radius 2 is 1.92 bits per heavy atom. The van der Waals surface area contributed by atoms with Crippen LogP contribution in [-0.2, 0) is 4.79 Å². The Kier molecular flexibility index (Phi) is 4.93. The molecule has 3 heterocycles. The molecule has 3 aromatic rings. The molecule has 1 aliphatic rings. The van der Waals surface area contributed by atoms with E-state index in [-0.39, 0.29) is 11.2 Å². The van der Waals surface area contributed by atoms with Crippen molar-refractivity contribution in [2.45, 2.75) is 36.5 Å². The number of nitrogens with zero attached hydrogens (tertiary/aromatic N) is 3. The number of hydrogen-bond acceptors (Lipinski definition) is 5. The van der Waals surface area contributed by atoms with E-state index in [0.29, 0.717) is 11.6 Å². The van der Waals surface area contributed by atoms with E-state index in [2.05, 4.69) is 4.98 Å². The van der Waals surface area contributed by atoms with Crippen molar-refractivity contribution in [3.05, 3.63) is 42.7 Å². The summed E-state index contributed by atoms with van der Waals surface area (Å²) in [7, 11) is 0. The molecule has 0 saturated carbocycles. The Bertz CT molecular complexity index is 905. The van der Waals surface area contributed by atoms with Crippen LogP contribution in [0.1, 0.15) is 26.2 Å². The first kappa shape index (κ1) is 17.1. The fourth-order valence-corrected chi connectivity index (χ4v) is 4.27. The van der Waals surface area contributed by atoms with Crippen LogP contribution in [0.15, 0.2) is 52.1 Å². The third kappa shape index (κ3) is 3.46. The largest absolute Gasteiger partial charge is 0.461 e. The summed E-state index contributed by atoms with van der Waals surface area (Å²) in [6.45, 7) is 3.70. The van der Waals surface area contributed by atoms with E-state index in [1.54, 1.807) is 6.26 Å². The lowest BCUT2D eigenvalue weighted by atomic mass is 10.1. The summed E-state index contributed by atoms with van der Waals surface area (Å²) in [5.74, 6) is 1.37. The highest BCUT2D eigenvalue weighted by atomic mass is 32.2. The van der Waals surface area contributed by atoms with E-state index >= 15 is 0 Å². The lowest BCUT2D eigenvalue weighted by Gasteiger charge is -2.29. The van der Waals surface area contributed by atoms with E-state index in [1.165, 1.54) is 18.2 Å². The lowest BCUT2D eigenvalue weighted by Crippen LogP contribution is -2.40. The molecule has 5 nitrogen and oxygen atoms in total. The van der Waals surface area contributed by atoms with Gasteiger partial charge in [0.15, 0.2) is 11.6 Å². The van der Waals surface area contributed by atoms with Crippen molar-refractivity contribution in [1.29, 1.82) is 0 Å². The minimum atomic E-state index is -0.184. The Balaban J connectivity index is 1.65. The van der Waals surface area contributed by atoms with Gasteiger partial charge in [0.05, 0.1) is 17.0 Å². The van der Waals surface area contributed by atoms with Crippen LogP contribution in [0, 0.1) is 0 Å². The zero-order valence-electron chi connectivity index (χ0n) is 14.7. The summed E-state index contributed by atoms with van der Waals surface area (Å²) in [6, 6.07) is 11.6. The molecule has 1 aliphatic heterocycles. The van der Waals surface area contributed by atoms with Crippen molar-refractivity contribution in [2.75, 3.05) is 13.1 Å². The molecule has 134 valence electrons. The number of rotatable bonds is 4. The highest BCUT2D eigenvalue weighted by Crippen LogP contribution is 2.32. The van der Waals surface area contributed by atoms with Crippen LogP contribution in [0.3, 0.4) is 0 Å². The van der Waals surface area contributed by atoms with E-state index in [0.717, 1.165) is 41.9 Å². The fourth-order valence-electron chi connectivity index (χ4n) is 3.24.